The van der Waals surface area contributed by atoms with Crippen LogP contribution in [0.15, 0.2) is 152 Å². The molecule has 6 aromatic rings. The van der Waals surface area contributed by atoms with Crippen molar-refractivity contribution in [2.24, 2.45) is 0 Å². The van der Waals surface area contributed by atoms with Crippen LogP contribution in [0.25, 0.3) is 11.1 Å². The topological polar surface area (TPSA) is 35.9 Å². The third-order valence-electron chi connectivity index (χ3n) is 7.33. The van der Waals surface area contributed by atoms with Crippen LogP contribution < -0.4 is 14.5 Å². The summed E-state index contributed by atoms with van der Waals surface area (Å²) in [6.07, 6.45) is 0. The largest absolute Gasteiger partial charge is 0.508 e. The average Bonchev–Trinajstić information content (AvgIpc) is 3.05. The molecule has 0 spiro atoms. The normalized spacial score (nSPS) is 10.7. The van der Waals surface area contributed by atoms with Gasteiger partial charge in [0.05, 0.1) is 7.11 Å². The molecule has 4 nitrogen and oxygen atoms in total. The molecule has 0 aliphatic carbocycles. The van der Waals surface area contributed by atoms with Gasteiger partial charge in [-0.3, -0.25) is 0 Å². The first-order valence-electron chi connectivity index (χ1n) is 13.9. The zero-order chi connectivity index (χ0) is 28.9. The SMILES string of the molecule is COc1ccc(N(c2ccccc2)c2ccc(-c3ccc(N(c4ccc(C)cc4)c4ccc(O)cc4)cc3)cc2)cc1. The molecule has 4 heteroatoms. The van der Waals surface area contributed by atoms with Gasteiger partial charge in [-0.1, -0.05) is 60.2 Å². The number of para-hydroxylation sites is 1. The predicted molar refractivity (Wildman–Crippen MR) is 174 cm³/mol. The van der Waals surface area contributed by atoms with Gasteiger partial charge >= 0.3 is 0 Å². The van der Waals surface area contributed by atoms with Crippen LogP contribution in [0.4, 0.5) is 34.1 Å². The number of ether oxygens (including phenoxy) is 1. The van der Waals surface area contributed by atoms with Crippen LogP contribution in [0, 0.1) is 6.92 Å². The van der Waals surface area contributed by atoms with Crippen LogP contribution in [0.3, 0.4) is 0 Å². The molecule has 0 bridgehead atoms. The third-order valence-corrected chi connectivity index (χ3v) is 7.33. The van der Waals surface area contributed by atoms with Crippen LogP contribution >= 0.6 is 0 Å². The van der Waals surface area contributed by atoms with E-state index < -0.39 is 0 Å². The number of benzene rings is 6. The minimum Gasteiger partial charge on any atom is -0.508 e. The fourth-order valence-corrected chi connectivity index (χ4v) is 5.10. The second-order valence-corrected chi connectivity index (χ2v) is 10.2. The fourth-order valence-electron chi connectivity index (χ4n) is 5.10. The number of methoxy groups -OCH3 is 1. The predicted octanol–water partition coefficient (Wildman–Crippen LogP) is 10.3. The Bertz CT molecular complexity index is 1680. The number of nitrogens with zero attached hydrogens (tertiary/aromatic N) is 2. The molecule has 0 heterocycles. The van der Waals surface area contributed by atoms with E-state index in [1.807, 2.05) is 30.3 Å². The van der Waals surface area contributed by atoms with E-state index in [0.29, 0.717) is 0 Å². The summed E-state index contributed by atoms with van der Waals surface area (Å²) in [6.45, 7) is 2.09. The summed E-state index contributed by atoms with van der Waals surface area (Å²) in [5.41, 5.74) is 9.78. The molecule has 6 aromatic carbocycles. The highest BCUT2D eigenvalue weighted by atomic mass is 16.5. The maximum Gasteiger partial charge on any atom is 0.119 e. The van der Waals surface area contributed by atoms with Crippen LogP contribution in [-0.2, 0) is 0 Å². The maximum absolute atomic E-state index is 9.86. The van der Waals surface area contributed by atoms with Crippen molar-refractivity contribution < 1.29 is 9.84 Å². The van der Waals surface area contributed by atoms with E-state index in [9.17, 15) is 5.11 Å². The average molecular weight is 549 g/mol. The lowest BCUT2D eigenvalue weighted by Crippen LogP contribution is -2.10. The number of hydrogen-bond acceptors (Lipinski definition) is 4. The maximum atomic E-state index is 9.86. The number of rotatable bonds is 8. The van der Waals surface area contributed by atoms with Crippen molar-refractivity contribution in [1.29, 1.82) is 0 Å². The molecular weight excluding hydrogens is 516 g/mol. The third kappa shape index (κ3) is 5.70. The number of aryl methyl sites for hydroxylation is 1. The molecular formula is C38H32N2O2. The summed E-state index contributed by atoms with van der Waals surface area (Å²) in [5.74, 6) is 1.08. The number of anilines is 6. The van der Waals surface area contributed by atoms with Gasteiger partial charge in [-0.2, -0.15) is 0 Å². The summed E-state index contributed by atoms with van der Waals surface area (Å²) in [7, 11) is 1.68. The Morgan fingerprint density at radius 2 is 0.786 bits per heavy atom. The van der Waals surface area contributed by atoms with Crippen molar-refractivity contribution in [2.45, 2.75) is 6.92 Å². The Morgan fingerprint density at radius 3 is 1.21 bits per heavy atom. The highest BCUT2D eigenvalue weighted by molar-refractivity contribution is 5.81. The van der Waals surface area contributed by atoms with Crippen LogP contribution in [0.2, 0.25) is 0 Å². The molecule has 0 saturated carbocycles. The van der Waals surface area contributed by atoms with Gasteiger partial charge in [0.2, 0.25) is 0 Å². The van der Waals surface area contributed by atoms with Gasteiger partial charge in [0, 0.05) is 34.1 Å². The second-order valence-electron chi connectivity index (χ2n) is 10.2. The van der Waals surface area contributed by atoms with E-state index in [1.165, 1.54) is 5.56 Å². The minimum atomic E-state index is 0.249. The summed E-state index contributed by atoms with van der Waals surface area (Å²) in [4.78, 5) is 4.43. The summed E-state index contributed by atoms with van der Waals surface area (Å²) >= 11 is 0. The van der Waals surface area contributed by atoms with Crippen LogP contribution in [0.1, 0.15) is 5.56 Å². The van der Waals surface area contributed by atoms with Gasteiger partial charge in [-0.05, 0) is 115 Å². The monoisotopic (exact) mass is 548 g/mol. The van der Waals surface area contributed by atoms with Crippen molar-refractivity contribution in [3.63, 3.8) is 0 Å². The van der Waals surface area contributed by atoms with Crippen molar-refractivity contribution in [3.05, 3.63) is 157 Å². The zero-order valence-electron chi connectivity index (χ0n) is 23.7. The molecule has 6 rings (SSSR count). The molecule has 0 aliphatic rings. The van der Waals surface area contributed by atoms with Crippen molar-refractivity contribution in [1.82, 2.24) is 0 Å². The molecule has 206 valence electrons. The van der Waals surface area contributed by atoms with Crippen molar-refractivity contribution >= 4 is 34.1 Å². The number of phenols is 1. The Labute approximate surface area is 247 Å². The van der Waals surface area contributed by atoms with Crippen LogP contribution in [-0.4, -0.2) is 12.2 Å². The second kappa shape index (κ2) is 11.9. The minimum absolute atomic E-state index is 0.249. The molecule has 42 heavy (non-hydrogen) atoms. The van der Waals surface area contributed by atoms with E-state index >= 15 is 0 Å². The van der Waals surface area contributed by atoms with Gasteiger partial charge in [0.1, 0.15) is 11.5 Å². The van der Waals surface area contributed by atoms with E-state index in [0.717, 1.165) is 51.0 Å². The van der Waals surface area contributed by atoms with Gasteiger partial charge in [0.15, 0.2) is 0 Å². The Kier molecular flexibility index (Phi) is 7.60. The van der Waals surface area contributed by atoms with Gasteiger partial charge < -0.3 is 19.6 Å². The van der Waals surface area contributed by atoms with Crippen molar-refractivity contribution in [3.8, 4) is 22.6 Å². The molecule has 0 unspecified atom stereocenters. The Morgan fingerprint density at radius 1 is 0.429 bits per heavy atom. The van der Waals surface area contributed by atoms with Crippen molar-refractivity contribution in [2.75, 3.05) is 16.9 Å². The molecule has 0 amide bonds. The molecule has 1 N–H and O–H groups in total. The number of aromatic hydroxyl groups is 1. The van der Waals surface area contributed by atoms with Crippen LogP contribution in [0.5, 0.6) is 11.5 Å². The summed E-state index contributed by atoms with van der Waals surface area (Å²) in [6, 6.07) is 51.5. The molecule has 0 fully saturated rings. The fraction of sp³-hybridized carbons (Fsp3) is 0.0526. The standard InChI is InChI=1S/C38H32N2O2/c1-28-8-14-32(15-9-28)40(35-20-24-37(41)25-21-35)34-18-12-30(13-19-34)29-10-16-33(17-11-29)39(31-6-4-3-5-7-31)36-22-26-38(42-2)27-23-36/h3-27,41H,1-2H3. The van der Waals surface area contributed by atoms with Gasteiger partial charge in [-0.15, -0.1) is 0 Å². The van der Waals surface area contributed by atoms with E-state index in [2.05, 4.69) is 126 Å². The molecule has 0 aliphatic heterocycles. The molecule has 0 radical (unpaired) electrons. The highest BCUT2D eigenvalue weighted by Crippen LogP contribution is 2.38. The van der Waals surface area contributed by atoms with Gasteiger partial charge in [-0.25, -0.2) is 0 Å². The smallest absolute Gasteiger partial charge is 0.119 e. The molecule has 0 saturated heterocycles. The summed E-state index contributed by atoms with van der Waals surface area (Å²) in [5, 5.41) is 9.86. The number of hydrogen-bond donors (Lipinski definition) is 1. The molecule has 0 aromatic heterocycles. The van der Waals surface area contributed by atoms with E-state index in [1.54, 1.807) is 19.2 Å². The summed E-state index contributed by atoms with van der Waals surface area (Å²) < 4.78 is 5.38. The van der Waals surface area contributed by atoms with E-state index in [4.69, 9.17) is 4.74 Å². The first kappa shape index (κ1) is 26.7. The Balaban J connectivity index is 1.31. The lowest BCUT2D eigenvalue weighted by atomic mass is 10.0. The lowest BCUT2D eigenvalue weighted by molar-refractivity contribution is 0.415. The van der Waals surface area contributed by atoms with E-state index in [-0.39, 0.29) is 5.75 Å². The number of phenolic OH excluding ortho intramolecular Hbond substituents is 1. The first-order valence-corrected chi connectivity index (χ1v) is 13.9. The molecule has 0 atom stereocenters. The first-order chi connectivity index (χ1) is 20.6. The van der Waals surface area contributed by atoms with Gasteiger partial charge in [0.25, 0.3) is 0 Å². The highest BCUT2D eigenvalue weighted by Gasteiger charge is 2.15. The quantitative estimate of drug-likeness (QED) is 0.205. The lowest BCUT2D eigenvalue weighted by Gasteiger charge is -2.26. The Hall–Kier alpha value is -5.48. The zero-order valence-corrected chi connectivity index (χ0v) is 23.7.